The van der Waals surface area contributed by atoms with Crippen molar-refractivity contribution in [2.24, 2.45) is 11.1 Å². The van der Waals surface area contributed by atoms with Crippen LogP contribution in [0.15, 0.2) is 18.2 Å². The second-order valence-electron chi connectivity index (χ2n) is 4.58. The van der Waals surface area contributed by atoms with Crippen molar-refractivity contribution in [3.8, 4) is 11.5 Å². The van der Waals surface area contributed by atoms with Gasteiger partial charge in [-0.1, -0.05) is 6.07 Å². The molecule has 6 heteroatoms. The van der Waals surface area contributed by atoms with E-state index < -0.39 is 25.3 Å². The molecule has 0 aliphatic heterocycles. The van der Waals surface area contributed by atoms with Gasteiger partial charge in [-0.15, -0.1) is 0 Å². The molecule has 108 valence electrons. The monoisotopic (exact) mass is 273 g/mol. The van der Waals surface area contributed by atoms with Gasteiger partial charge in [0.2, 0.25) is 0 Å². The fourth-order valence-electron chi connectivity index (χ4n) is 1.49. The first kappa shape index (κ1) is 15.7. The van der Waals surface area contributed by atoms with Crippen molar-refractivity contribution in [2.45, 2.75) is 6.42 Å². The molecular formula is C13H20FNO4. The number of hydrogen-bond acceptors (Lipinski definition) is 5. The summed E-state index contributed by atoms with van der Waals surface area (Å²) in [5, 5.41) is 27.9. The molecule has 5 N–H and O–H groups in total. The van der Waals surface area contributed by atoms with Crippen molar-refractivity contribution in [3.05, 3.63) is 23.8 Å². The Morgan fingerprint density at radius 2 is 1.95 bits per heavy atom. The largest absolute Gasteiger partial charge is 0.504 e. The molecule has 0 saturated carbocycles. The minimum absolute atomic E-state index is 0.0793. The Kier molecular flexibility index (Phi) is 6.01. The molecule has 0 spiro atoms. The maximum atomic E-state index is 12.8. The maximum absolute atomic E-state index is 12.8. The molecule has 0 saturated heterocycles. The third-order valence-electron chi connectivity index (χ3n) is 2.95. The van der Waals surface area contributed by atoms with Gasteiger partial charge in [0, 0.05) is 0 Å². The molecule has 0 aliphatic rings. The Bertz CT molecular complexity index is 388. The molecule has 5 nitrogen and oxygen atoms in total. The zero-order chi connectivity index (χ0) is 14.3. The smallest absolute Gasteiger partial charge is 0.161 e. The van der Waals surface area contributed by atoms with Crippen LogP contribution in [0, 0.1) is 5.41 Å². The first-order valence-corrected chi connectivity index (χ1v) is 6.03. The average molecular weight is 273 g/mol. The molecule has 0 aliphatic carbocycles. The summed E-state index contributed by atoms with van der Waals surface area (Å²) < 4.78 is 18.1. The number of rotatable bonds is 8. The molecule has 1 aromatic carbocycles. The molecular weight excluding hydrogens is 253 g/mol. The van der Waals surface area contributed by atoms with Crippen molar-refractivity contribution in [2.75, 3.05) is 33.0 Å². The lowest BCUT2D eigenvalue weighted by atomic mass is 9.93. The SMILES string of the molecule is NCCc1ccc(O)c(OCC(CO)(CO)CF)c1. The van der Waals surface area contributed by atoms with Crippen LogP contribution in [0.25, 0.3) is 0 Å². The lowest BCUT2D eigenvalue weighted by Gasteiger charge is -2.26. The van der Waals surface area contributed by atoms with E-state index in [1.165, 1.54) is 6.07 Å². The van der Waals surface area contributed by atoms with Crippen LogP contribution in [0.1, 0.15) is 5.56 Å². The third kappa shape index (κ3) is 4.05. The molecule has 0 bridgehead atoms. The van der Waals surface area contributed by atoms with Crippen molar-refractivity contribution in [1.82, 2.24) is 0 Å². The van der Waals surface area contributed by atoms with Crippen LogP contribution < -0.4 is 10.5 Å². The number of nitrogens with two attached hydrogens (primary N) is 1. The van der Waals surface area contributed by atoms with Gasteiger partial charge in [-0.25, -0.2) is 0 Å². The second-order valence-corrected chi connectivity index (χ2v) is 4.58. The predicted octanol–water partition coefficient (Wildman–Crippen LogP) is 0.213. The molecule has 0 fully saturated rings. The van der Waals surface area contributed by atoms with Gasteiger partial charge in [-0.3, -0.25) is 4.39 Å². The van der Waals surface area contributed by atoms with Gasteiger partial charge in [-0.2, -0.15) is 0 Å². The lowest BCUT2D eigenvalue weighted by Crippen LogP contribution is -2.38. The van der Waals surface area contributed by atoms with E-state index in [9.17, 15) is 9.50 Å². The van der Waals surface area contributed by atoms with Gasteiger partial charge in [0.15, 0.2) is 11.5 Å². The van der Waals surface area contributed by atoms with E-state index in [2.05, 4.69) is 0 Å². The number of aromatic hydroxyl groups is 1. The third-order valence-corrected chi connectivity index (χ3v) is 2.95. The van der Waals surface area contributed by atoms with Crippen molar-refractivity contribution >= 4 is 0 Å². The topological polar surface area (TPSA) is 95.9 Å². The van der Waals surface area contributed by atoms with Crippen LogP contribution in [0.2, 0.25) is 0 Å². The van der Waals surface area contributed by atoms with E-state index in [0.717, 1.165) is 5.56 Å². The lowest BCUT2D eigenvalue weighted by molar-refractivity contribution is -0.00396. The molecule has 1 aromatic rings. The number of phenols is 1. The number of benzene rings is 1. The number of hydrogen-bond donors (Lipinski definition) is 4. The number of aliphatic hydroxyl groups is 2. The number of ether oxygens (including phenoxy) is 1. The Hall–Kier alpha value is -1.37. The number of halogens is 1. The summed E-state index contributed by atoms with van der Waals surface area (Å²) in [5.41, 5.74) is 4.97. The van der Waals surface area contributed by atoms with E-state index in [1.807, 2.05) is 0 Å². The summed E-state index contributed by atoms with van der Waals surface area (Å²) in [6.07, 6.45) is 0.630. The summed E-state index contributed by atoms with van der Waals surface area (Å²) in [4.78, 5) is 0. The highest BCUT2D eigenvalue weighted by Gasteiger charge is 2.30. The van der Waals surface area contributed by atoms with Crippen LogP contribution in [0.3, 0.4) is 0 Å². The molecule has 0 heterocycles. The molecule has 0 unspecified atom stereocenters. The first-order chi connectivity index (χ1) is 9.10. The van der Waals surface area contributed by atoms with E-state index in [1.54, 1.807) is 12.1 Å². The summed E-state index contributed by atoms with van der Waals surface area (Å²) in [6, 6.07) is 4.80. The summed E-state index contributed by atoms with van der Waals surface area (Å²) >= 11 is 0. The van der Waals surface area contributed by atoms with E-state index in [4.69, 9.17) is 20.7 Å². The average Bonchev–Trinajstić information content (AvgIpc) is 2.44. The van der Waals surface area contributed by atoms with Crippen LogP contribution in [-0.4, -0.2) is 48.4 Å². The number of aliphatic hydroxyl groups excluding tert-OH is 2. The standard InChI is InChI=1S/C13H20FNO4/c14-6-13(7-16,8-17)9-19-12-5-10(3-4-15)1-2-11(12)18/h1-2,5,16-18H,3-4,6-9,15H2. The van der Waals surface area contributed by atoms with Gasteiger partial charge in [-0.05, 0) is 30.7 Å². The Labute approximate surface area is 111 Å². The number of phenolic OH excluding ortho intramolecular Hbond substituents is 1. The van der Waals surface area contributed by atoms with Gasteiger partial charge < -0.3 is 25.8 Å². The maximum Gasteiger partial charge on any atom is 0.161 e. The van der Waals surface area contributed by atoms with E-state index >= 15 is 0 Å². The highest BCUT2D eigenvalue weighted by molar-refractivity contribution is 5.42. The summed E-state index contributed by atoms with van der Waals surface area (Å²) in [7, 11) is 0. The van der Waals surface area contributed by atoms with Crippen LogP contribution in [0.4, 0.5) is 4.39 Å². The molecule has 0 radical (unpaired) electrons. The molecule has 0 amide bonds. The van der Waals surface area contributed by atoms with Crippen LogP contribution in [0.5, 0.6) is 11.5 Å². The summed E-state index contributed by atoms with van der Waals surface area (Å²) in [5.74, 6) is 0.107. The zero-order valence-electron chi connectivity index (χ0n) is 10.7. The number of alkyl halides is 1. The molecule has 19 heavy (non-hydrogen) atoms. The van der Waals surface area contributed by atoms with Gasteiger partial charge in [0.05, 0.1) is 18.6 Å². The van der Waals surface area contributed by atoms with Crippen LogP contribution >= 0.6 is 0 Å². The highest BCUT2D eigenvalue weighted by atomic mass is 19.1. The summed E-state index contributed by atoms with van der Waals surface area (Å²) in [6.45, 7) is -1.75. The zero-order valence-corrected chi connectivity index (χ0v) is 10.7. The Morgan fingerprint density at radius 3 is 2.47 bits per heavy atom. The van der Waals surface area contributed by atoms with E-state index in [-0.39, 0.29) is 18.1 Å². The normalized spacial score (nSPS) is 11.6. The Morgan fingerprint density at radius 1 is 1.26 bits per heavy atom. The van der Waals surface area contributed by atoms with Gasteiger partial charge in [0.25, 0.3) is 0 Å². The minimum Gasteiger partial charge on any atom is -0.504 e. The molecule has 1 rings (SSSR count). The fraction of sp³-hybridized carbons (Fsp3) is 0.538. The molecule has 0 atom stereocenters. The Balaban J connectivity index is 2.78. The predicted molar refractivity (Wildman–Crippen MR) is 68.9 cm³/mol. The second kappa shape index (κ2) is 7.28. The highest BCUT2D eigenvalue weighted by Crippen LogP contribution is 2.29. The minimum atomic E-state index is -1.35. The fourth-order valence-corrected chi connectivity index (χ4v) is 1.49. The van der Waals surface area contributed by atoms with Crippen molar-refractivity contribution < 1.29 is 24.4 Å². The first-order valence-electron chi connectivity index (χ1n) is 6.03. The van der Waals surface area contributed by atoms with Crippen molar-refractivity contribution in [3.63, 3.8) is 0 Å². The quantitative estimate of drug-likeness (QED) is 0.543. The van der Waals surface area contributed by atoms with Crippen molar-refractivity contribution in [1.29, 1.82) is 0 Å². The molecule has 0 aromatic heterocycles. The van der Waals surface area contributed by atoms with Crippen LogP contribution in [-0.2, 0) is 6.42 Å². The van der Waals surface area contributed by atoms with E-state index in [0.29, 0.717) is 13.0 Å². The van der Waals surface area contributed by atoms with Gasteiger partial charge >= 0.3 is 0 Å². The van der Waals surface area contributed by atoms with Gasteiger partial charge in [0.1, 0.15) is 13.3 Å².